The summed E-state index contributed by atoms with van der Waals surface area (Å²) in [5.74, 6) is -0.00939. The number of carbonyl (C=O) groups is 1. The minimum atomic E-state index is -0.00939. The van der Waals surface area contributed by atoms with Gasteiger partial charge in [0.15, 0.2) is 0 Å². The van der Waals surface area contributed by atoms with E-state index in [-0.39, 0.29) is 5.91 Å². The van der Waals surface area contributed by atoms with Crippen molar-refractivity contribution in [2.24, 2.45) is 0 Å². The monoisotopic (exact) mass is 346 g/mol. The molecule has 2 N–H and O–H groups in total. The maximum absolute atomic E-state index is 12.3. The Labute approximate surface area is 150 Å². The fourth-order valence-corrected chi connectivity index (χ4v) is 3.07. The summed E-state index contributed by atoms with van der Waals surface area (Å²) in [5, 5.41) is 15.3. The van der Waals surface area contributed by atoms with Gasteiger partial charge in [-0.25, -0.2) is 4.68 Å². The van der Waals surface area contributed by atoms with Crippen molar-refractivity contribution in [3.05, 3.63) is 66.1 Å². The van der Waals surface area contributed by atoms with Crippen molar-refractivity contribution >= 4 is 22.5 Å². The third-order valence-electron chi connectivity index (χ3n) is 4.37. The Morgan fingerprint density at radius 2 is 2.12 bits per heavy atom. The van der Waals surface area contributed by atoms with Crippen molar-refractivity contribution in [1.82, 2.24) is 25.2 Å². The molecule has 2 heterocycles. The summed E-state index contributed by atoms with van der Waals surface area (Å²) in [4.78, 5) is 15.5. The lowest BCUT2D eigenvalue weighted by Crippen LogP contribution is -2.12. The van der Waals surface area contributed by atoms with Crippen LogP contribution in [0, 0.1) is 6.92 Å². The molecule has 0 saturated heterocycles. The van der Waals surface area contributed by atoms with E-state index >= 15 is 0 Å². The zero-order chi connectivity index (χ0) is 17.9. The zero-order valence-electron chi connectivity index (χ0n) is 14.3. The largest absolute Gasteiger partial charge is 0.361 e. The molecule has 1 amide bonds. The highest BCUT2D eigenvalue weighted by molar-refractivity contribution is 5.91. The van der Waals surface area contributed by atoms with E-state index in [1.54, 1.807) is 11.0 Å². The van der Waals surface area contributed by atoms with Crippen molar-refractivity contribution in [2.45, 2.75) is 19.8 Å². The number of aromatic nitrogens is 5. The van der Waals surface area contributed by atoms with Crippen LogP contribution in [0.25, 0.3) is 16.6 Å². The number of amides is 1. The van der Waals surface area contributed by atoms with Crippen LogP contribution in [0.1, 0.15) is 17.5 Å². The van der Waals surface area contributed by atoms with Crippen LogP contribution in [0.5, 0.6) is 0 Å². The minimum Gasteiger partial charge on any atom is -0.361 e. The summed E-state index contributed by atoms with van der Waals surface area (Å²) >= 11 is 0. The van der Waals surface area contributed by atoms with Gasteiger partial charge in [-0.15, -0.1) is 5.10 Å². The number of nitrogens with zero attached hydrogens (tertiary/aromatic N) is 4. The first-order chi connectivity index (χ1) is 12.7. The molecule has 0 spiro atoms. The van der Waals surface area contributed by atoms with Crippen LogP contribution in [0.15, 0.2) is 55.0 Å². The lowest BCUT2D eigenvalue weighted by Gasteiger charge is -2.09. The van der Waals surface area contributed by atoms with Gasteiger partial charge >= 0.3 is 0 Å². The predicted molar refractivity (Wildman–Crippen MR) is 99.1 cm³/mol. The fraction of sp³-hybridized carbons (Fsp3) is 0.158. The molecule has 0 radical (unpaired) electrons. The number of anilines is 1. The quantitative estimate of drug-likeness (QED) is 0.581. The summed E-state index contributed by atoms with van der Waals surface area (Å²) in [5.41, 5.74) is 4.87. The molecule has 0 unspecified atom stereocenters. The molecule has 0 aliphatic heterocycles. The van der Waals surface area contributed by atoms with Gasteiger partial charge in [0.05, 0.1) is 5.69 Å². The van der Waals surface area contributed by atoms with Gasteiger partial charge in [0.1, 0.15) is 6.33 Å². The average molecular weight is 346 g/mol. The Morgan fingerprint density at radius 1 is 1.23 bits per heavy atom. The number of hydrogen-bond donors (Lipinski definition) is 2. The van der Waals surface area contributed by atoms with Crippen molar-refractivity contribution in [1.29, 1.82) is 0 Å². The van der Waals surface area contributed by atoms with Gasteiger partial charge in [0, 0.05) is 29.2 Å². The Kier molecular flexibility index (Phi) is 4.18. The second kappa shape index (κ2) is 6.79. The maximum Gasteiger partial charge on any atom is 0.224 e. The number of aryl methyl sites for hydroxylation is 2. The molecule has 0 aliphatic rings. The number of rotatable bonds is 5. The molecule has 0 fully saturated rings. The summed E-state index contributed by atoms with van der Waals surface area (Å²) in [6.07, 6.45) is 4.64. The Bertz CT molecular complexity index is 1050. The van der Waals surface area contributed by atoms with E-state index in [4.69, 9.17) is 0 Å². The summed E-state index contributed by atoms with van der Waals surface area (Å²) in [6, 6.07) is 13.8. The van der Waals surface area contributed by atoms with Crippen LogP contribution < -0.4 is 5.32 Å². The number of nitrogens with one attached hydrogen (secondary N) is 2. The number of aromatic amines is 1. The Morgan fingerprint density at radius 3 is 2.92 bits per heavy atom. The lowest BCUT2D eigenvalue weighted by molar-refractivity contribution is -0.116. The molecule has 0 bridgehead atoms. The molecule has 4 rings (SSSR count). The average Bonchev–Trinajstić information content (AvgIpc) is 3.30. The lowest BCUT2D eigenvalue weighted by atomic mass is 10.1. The highest BCUT2D eigenvalue weighted by atomic mass is 16.1. The standard InChI is InChI=1S/C19H18N6O/c1-13-10-15(7-8-18(13)25-12-21-23-24-25)22-19(26)9-6-14-11-20-17-5-3-2-4-16(14)17/h2-5,7-8,10-12,20H,6,9H2,1H3,(H,22,26). The zero-order valence-corrected chi connectivity index (χ0v) is 14.3. The van der Waals surface area contributed by atoms with E-state index < -0.39 is 0 Å². The van der Waals surface area contributed by atoms with Crippen LogP contribution in [0.2, 0.25) is 0 Å². The Balaban J connectivity index is 1.41. The minimum absolute atomic E-state index is 0.00939. The van der Waals surface area contributed by atoms with E-state index in [2.05, 4.69) is 31.9 Å². The van der Waals surface area contributed by atoms with Crippen molar-refractivity contribution in [2.75, 3.05) is 5.32 Å². The number of fused-ring (bicyclic) bond motifs is 1. The molecular formula is C19H18N6O. The van der Waals surface area contributed by atoms with Crippen molar-refractivity contribution in [3.63, 3.8) is 0 Å². The number of para-hydroxylation sites is 1. The maximum atomic E-state index is 12.3. The molecule has 7 heteroatoms. The fourth-order valence-electron chi connectivity index (χ4n) is 3.07. The van der Waals surface area contributed by atoms with E-state index in [9.17, 15) is 4.79 Å². The van der Waals surface area contributed by atoms with Gasteiger partial charge in [0.25, 0.3) is 0 Å². The van der Waals surface area contributed by atoms with Crippen molar-refractivity contribution < 1.29 is 4.79 Å². The third kappa shape index (κ3) is 3.19. The molecular weight excluding hydrogens is 328 g/mol. The van der Waals surface area contributed by atoms with Gasteiger partial charge in [-0.3, -0.25) is 4.79 Å². The molecule has 26 heavy (non-hydrogen) atoms. The smallest absolute Gasteiger partial charge is 0.224 e. The summed E-state index contributed by atoms with van der Waals surface area (Å²) in [6.45, 7) is 1.96. The first-order valence-corrected chi connectivity index (χ1v) is 8.39. The highest BCUT2D eigenvalue weighted by Gasteiger charge is 2.09. The molecule has 0 saturated carbocycles. The second-order valence-electron chi connectivity index (χ2n) is 6.16. The van der Waals surface area contributed by atoms with Gasteiger partial charge in [0.2, 0.25) is 5.91 Å². The number of tetrazole rings is 1. The van der Waals surface area contributed by atoms with Gasteiger partial charge in [-0.1, -0.05) is 18.2 Å². The number of benzene rings is 2. The molecule has 7 nitrogen and oxygen atoms in total. The molecule has 4 aromatic rings. The summed E-state index contributed by atoms with van der Waals surface area (Å²) in [7, 11) is 0. The van der Waals surface area contributed by atoms with Crippen LogP contribution in [-0.2, 0) is 11.2 Å². The first kappa shape index (κ1) is 16.0. The number of hydrogen-bond acceptors (Lipinski definition) is 4. The first-order valence-electron chi connectivity index (χ1n) is 8.39. The Hall–Kier alpha value is -3.48. The number of carbonyl (C=O) groups excluding carboxylic acids is 1. The highest BCUT2D eigenvalue weighted by Crippen LogP contribution is 2.20. The van der Waals surface area contributed by atoms with Crippen LogP contribution in [0.4, 0.5) is 5.69 Å². The van der Waals surface area contributed by atoms with E-state index in [0.29, 0.717) is 12.8 Å². The molecule has 2 aromatic heterocycles. The van der Waals surface area contributed by atoms with E-state index in [1.807, 2.05) is 49.5 Å². The number of H-pyrrole nitrogens is 1. The SMILES string of the molecule is Cc1cc(NC(=O)CCc2c[nH]c3ccccc23)ccc1-n1cnnn1. The van der Waals surface area contributed by atoms with Gasteiger partial charge < -0.3 is 10.3 Å². The summed E-state index contributed by atoms with van der Waals surface area (Å²) < 4.78 is 1.60. The molecule has 2 aromatic carbocycles. The van der Waals surface area contributed by atoms with Crippen LogP contribution in [-0.4, -0.2) is 31.1 Å². The third-order valence-corrected chi connectivity index (χ3v) is 4.37. The molecule has 0 atom stereocenters. The van der Waals surface area contributed by atoms with E-state index in [1.165, 1.54) is 5.39 Å². The molecule has 130 valence electrons. The van der Waals surface area contributed by atoms with Gasteiger partial charge in [-0.05, 0) is 59.2 Å². The van der Waals surface area contributed by atoms with Crippen molar-refractivity contribution in [3.8, 4) is 5.69 Å². The predicted octanol–water partition coefficient (Wildman–Crippen LogP) is 3.02. The van der Waals surface area contributed by atoms with Crippen LogP contribution >= 0.6 is 0 Å². The van der Waals surface area contributed by atoms with Crippen LogP contribution in [0.3, 0.4) is 0 Å². The molecule has 0 aliphatic carbocycles. The second-order valence-corrected chi connectivity index (χ2v) is 6.16. The normalized spacial score (nSPS) is 11.0. The van der Waals surface area contributed by atoms with E-state index in [0.717, 1.165) is 28.0 Å². The topological polar surface area (TPSA) is 88.5 Å². The van der Waals surface area contributed by atoms with Gasteiger partial charge in [-0.2, -0.15) is 0 Å².